The van der Waals surface area contributed by atoms with Gasteiger partial charge in [0, 0.05) is 25.7 Å². The van der Waals surface area contributed by atoms with Gasteiger partial charge in [0.15, 0.2) is 0 Å². The second-order valence-electron chi connectivity index (χ2n) is 5.24. The SMILES string of the molecule is CC(C)CC(CN)N(C)S(=O)(=O)c1cc(Br)c(F)cc1F. The first-order valence-corrected chi connectivity index (χ1v) is 8.67. The zero-order valence-corrected chi connectivity index (χ0v) is 14.5. The number of rotatable bonds is 6. The highest BCUT2D eigenvalue weighted by Gasteiger charge is 2.30. The Morgan fingerprint density at radius 1 is 1.29 bits per heavy atom. The van der Waals surface area contributed by atoms with Crippen molar-refractivity contribution in [2.24, 2.45) is 11.7 Å². The van der Waals surface area contributed by atoms with Gasteiger partial charge in [0.05, 0.1) is 4.47 Å². The lowest BCUT2D eigenvalue weighted by molar-refractivity contribution is 0.322. The normalized spacial score (nSPS) is 14.0. The summed E-state index contributed by atoms with van der Waals surface area (Å²) >= 11 is 2.87. The minimum atomic E-state index is -4.08. The maximum atomic E-state index is 13.8. The molecule has 2 N–H and O–H groups in total. The Morgan fingerprint density at radius 3 is 2.33 bits per heavy atom. The molecular weight excluding hydrogens is 366 g/mol. The maximum Gasteiger partial charge on any atom is 0.246 e. The Hall–Kier alpha value is -0.570. The molecule has 0 aromatic heterocycles. The van der Waals surface area contributed by atoms with Crippen molar-refractivity contribution < 1.29 is 17.2 Å². The van der Waals surface area contributed by atoms with Crippen molar-refractivity contribution in [1.82, 2.24) is 4.31 Å². The van der Waals surface area contributed by atoms with Gasteiger partial charge in [-0.3, -0.25) is 0 Å². The van der Waals surface area contributed by atoms with Gasteiger partial charge >= 0.3 is 0 Å². The summed E-state index contributed by atoms with van der Waals surface area (Å²) in [5.74, 6) is -1.74. The molecule has 0 aliphatic heterocycles. The predicted molar refractivity (Wildman–Crippen MR) is 81.3 cm³/mol. The molecule has 8 heteroatoms. The second kappa shape index (κ2) is 7.13. The zero-order valence-electron chi connectivity index (χ0n) is 12.1. The van der Waals surface area contributed by atoms with Crippen LogP contribution in [0.5, 0.6) is 0 Å². The quantitative estimate of drug-likeness (QED) is 0.766. The molecule has 0 saturated heterocycles. The number of benzene rings is 1. The molecule has 1 rings (SSSR count). The van der Waals surface area contributed by atoms with E-state index in [1.807, 2.05) is 13.8 Å². The number of sulfonamides is 1. The number of nitrogens with zero attached hydrogens (tertiary/aromatic N) is 1. The third-order valence-electron chi connectivity index (χ3n) is 3.16. The van der Waals surface area contributed by atoms with Gasteiger partial charge in [-0.05, 0) is 34.3 Å². The maximum absolute atomic E-state index is 13.8. The van der Waals surface area contributed by atoms with Gasteiger partial charge in [-0.25, -0.2) is 17.2 Å². The zero-order chi connectivity index (χ0) is 16.4. The molecule has 4 nitrogen and oxygen atoms in total. The third kappa shape index (κ3) is 4.21. The monoisotopic (exact) mass is 384 g/mol. The summed E-state index contributed by atoms with van der Waals surface area (Å²) in [5, 5.41) is 0. The highest BCUT2D eigenvalue weighted by atomic mass is 79.9. The van der Waals surface area contributed by atoms with E-state index >= 15 is 0 Å². The summed E-state index contributed by atoms with van der Waals surface area (Å²) < 4.78 is 53.0. The standard InChI is InChI=1S/C13H19BrF2N2O2S/c1-8(2)4-9(7-17)18(3)21(19,20)13-5-10(14)11(15)6-12(13)16/h5-6,8-9H,4,7,17H2,1-3H3. The van der Waals surface area contributed by atoms with Crippen LogP contribution in [0.4, 0.5) is 8.78 Å². The van der Waals surface area contributed by atoms with Gasteiger partial charge < -0.3 is 5.73 Å². The van der Waals surface area contributed by atoms with Crippen LogP contribution in [0.2, 0.25) is 0 Å². The lowest BCUT2D eigenvalue weighted by Crippen LogP contribution is -2.42. The van der Waals surface area contributed by atoms with Gasteiger partial charge in [0.2, 0.25) is 10.0 Å². The Labute approximate surface area is 132 Å². The lowest BCUT2D eigenvalue weighted by atomic mass is 10.0. The van der Waals surface area contributed by atoms with Crippen molar-refractivity contribution in [3.63, 3.8) is 0 Å². The molecular formula is C13H19BrF2N2O2S. The molecule has 120 valence electrons. The van der Waals surface area contributed by atoms with E-state index in [0.717, 1.165) is 10.4 Å². The number of halogens is 3. The van der Waals surface area contributed by atoms with Crippen molar-refractivity contribution >= 4 is 26.0 Å². The topological polar surface area (TPSA) is 63.4 Å². The molecule has 1 aromatic carbocycles. The van der Waals surface area contributed by atoms with E-state index in [9.17, 15) is 17.2 Å². The van der Waals surface area contributed by atoms with E-state index in [1.54, 1.807) is 0 Å². The van der Waals surface area contributed by atoms with Crippen molar-refractivity contribution in [2.45, 2.75) is 31.2 Å². The molecule has 1 atom stereocenters. The van der Waals surface area contributed by atoms with Crippen molar-refractivity contribution in [2.75, 3.05) is 13.6 Å². The number of hydrogen-bond acceptors (Lipinski definition) is 3. The van der Waals surface area contributed by atoms with Crippen LogP contribution in [-0.4, -0.2) is 32.4 Å². The summed E-state index contributed by atoms with van der Waals surface area (Å²) in [6, 6.07) is 1.03. The fourth-order valence-corrected chi connectivity index (χ4v) is 3.93. The first-order valence-electron chi connectivity index (χ1n) is 6.43. The molecule has 0 spiro atoms. The Kier molecular flexibility index (Phi) is 6.27. The second-order valence-corrected chi connectivity index (χ2v) is 8.06. The molecule has 0 aliphatic carbocycles. The average molecular weight is 385 g/mol. The summed E-state index contributed by atoms with van der Waals surface area (Å²) in [4.78, 5) is -0.569. The fraction of sp³-hybridized carbons (Fsp3) is 0.538. The molecule has 0 amide bonds. The highest BCUT2D eigenvalue weighted by Crippen LogP contribution is 2.27. The predicted octanol–water partition coefficient (Wildman–Crippen LogP) is 2.72. The van der Waals surface area contributed by atoms with Crippen LogP contribution in [0.1, 0.15) is 20.3 Å². The first kappa shape index (κ1) is 18.5. The van der Waals surface area contributed by atoms with E-state index in [-0.39, 0.29) is 16.9 Å². The molecule has 1 unspecified atom stereocenters. The Balaban J connectivity index is 3.24. The van der Waals surface area contributed by atoms with E-state index < -0.39 is 32.6 Å². The van der Waals surface area contributed by atoms with Crippen LogP contribution in [0, 0.1) is 17.6 Å². The van der Waals surface area contributed by atoms with Gasteiger partial charge in [-0.15, -0.1) is 0 Å². The van der Waals surface area contributed by atoms with Crippen LogP contribution < -0.4 is 5.73 Å². The van der Waals surface area contributed by atoms with Gasteiger partial charge in [0.25, 0.3) is 0 Å². The van der Waals surface area contributed by atoms with Crippen LogP contribution in [0.15, 0.2) is 21.5 Å². The molecule has 21 heavy (non-hydrogen) atoms. The Bertz CT molecular complexity index is 608. The Morgan fingerprint density at radius 2 is 1.86 bits per heavy atom. The van der Waals surface area contributed by atoms with Crippen molar-refractivity contribution in [3.8, 4) is 0 Å². The van der Waals surface area contributed by atoms with E-state index in [4.69, 9.17) is 5.73 Å². The van der Waals surface area contributed by atoms with Crippen LogP contribution >= 0.6 is 15.9 Å². The number of nitrogens with two attached hydrogens (primary N) is 1. The minimum Gasteiger partial charge on any atom is -0.329 e. The third-order valence-corrected chi connectivity index (χ3v) is 5.69. The molecule has 0 radical (unpaired) electrons. The van der Waals surface area contributed by atoms with Crippen molar-refractivity contribution in [3.05, 3.63) is 28.2 Å². The van der Waals surface area contributed by atoms with Crippen LogP contribution in [0.25, 0.3) is 0 Å². The first-order chi connectivity index (χ1) is 9.61. The molecule has 0 heterocycles. The van der Waals surface area contributed by atoms with E-state index in [1.165, 1.54) is 7.05 Å². The lowest BCUT2D eigenvalue weighted by Gasteiger charge is -2.28. The fourth-order valence-electron chi connectivity index (χ4n) is 1.99. The average Bonchev–Trinajstić information content (AvgIpc) is 2.38. The summed E-state index contributed by atoms with van der Waals surface area (Å²) in [5.41, 5.74) is 5.62. The molecule has 0 bridgehead atoms. The van der Waals surface area contributed by atoms with Crippen LogP contribution in [-0.2, 0) is 10.0 Å². The molecule has 0 aliphatic rings. The van der Waals surface area contributed by atoms with Crippen molar-refractivity contribution in [1.29, 1.82) is 0 Å². The van der Waals surface area contributed by atoms with Crippen LogP contribution in [0.3, 0.4) is 0 Å². The largest absolute Gasteiger partial charge is 0.329 e. The summed E-state index contributed by atoms with van der Waals surface area (Å²) in [7, 11) is -2.73. The summed E-state index contributed by atoms with van der Waals surface area (Å²) in [6.45, 7) is 4.01. The molecule has 0 fully saturated rings. The smallest absolute Gasteiger partial charge is 0.246 e. The molecule has 1 aromatic rings. The minimum absolute atomic E-state index is 0.107. The van der Waals surface area contributed by atoms with E-state index in [0.29, 0.717) is 12.5 Å². The van der Waals surface area contributed by atoms with Gasteiger partial charge in [0.1, 0.15) is 16.5 Å². The van der Waals surface area contributed by atoms with E-state index in [2.05, 4.69) is 15.9 Å². The number of likely N-dealkylation sites (N-methyl/N-ethyl adjacent to an activating group) is 1. The molecule has 0 saturated carbocycles. The number of hydrogen-bond donors (Lipinski definition) is 1. The van der Waals surface area contributed by atoms with Gasteiger partial charge in [-0.1, -0.05) is 13.8 Å². The van der Waals surface area contributed by atoms with Gasteiger partial charge in [-0.2, -0.15) is 4.31 Å². The highest BCUT2D eigenvalue weighted by molar-refractivity contribution is 9.10. The summed E-state index contributed by atoms with van der Waals surface area (Å²) in [6.07, 6.45) is 0.552.